The van der Waals surface area contributed by atoms with Crippen molar-refractivity contribution < 1.29 is 9.18 Å². The Balaban J connectivity index is 1.43. The minimum absolute atomic E-state index is 0.176. The molecule has 6 heteroatoms. The maximum Gasteiger partial charge on any atom is 0.223 e. The highest BCUT2D eigenvalue weighted by Gasteiger charge is 2.43. The average molecular weight is 390 g/mol. The molecule has 3 aliphatic rings. The summed E-state index contributed by atoms with van der Waals surface area (Å²) in [6, 6.07) is 13.4. The topological polar surface area (TPSA) is 69.0 Å². The van der Waals surface area contributed by atoms with Crippen LogP contribution in [0.25, 0.3) is 0 Å². The fourth-order valence-electron chi connectivity index (χ4n) is 4.93. The van der Waals surface area contributed by atoms with Crippen LogP contribution in [0.5, 0.6) is 0 Å². The van der Waals surface area contributed by atoms with E-state index >= 15 is 0 Å². The lowest BCUT2D eigenvalue weighted by Gasteiger charge is -2.37. The summed E-state index contributed by atoms with van der Waals surface area (Å²) in [5.74, 6) is 0.192. The van der Waals surface area contributed by atoms with Crippen molar-refractivity contribution in [1.29, 1.82) is 5.26 Å². The fourth-order valence-corrected chi connectivity index (χ4v) is 4.93. The Morgan fingerprint density at radius 2 is 2.10 bits per heavy atom. The molecular weight excluding hydrogens is 367 g/mol. The first-order valence-corrected chi connectivity index (χ1v) is 10.3. The number of carbonyl (C=O) groups excluding carboxylic acids is 1. The minimum atomic E-state index is -0.468. The Morgan fingerprint density at radius 1 is 1.24 bits per heavy atom. The molecule has 5 nitrogen and oxygen atoms in total. The van der Waals surface area contributed by atoms with E-state index in [1.54, 1.807) is 6.07 Å². The van der Waals surface area contributed by atoms with Crippen molar-refractivity contribution in [2.24, 2.45) is 5.92 Å². The molecule has 2 aromatic rings. The minimum Gasteiger partial charge on any atom is -0.362 e. The van der Waals surface area contributed by atoms with Gasteiger partial charge in [-0.25, -0.2) is 4.98 Å². The number of hydrogen-bond donors (Lipinski definition) is 1. The molecule has 0 saturated heterocycles. The lowest BCUT2D eigenvalue weighted by Crippen LogP contribution is -2.45. The molecule has 5 rings (SSSR count). The Labute approximate surface area is 169 Å². The van der Waals surface area contributed by atoms with Crippen molar-refractivity contribution in [2.75, 3.05) is 4.90 Å². The Morgan fingerprint density at radius 3 is 2.86 bits per heavy atom. The van der Waals surface area contributed by atoms with Gasteiger partial charge >= 0.3 is 0 Å². The van der Waals surface area contributed by atoms with Gasteiger partial charge in [0, 0.05) is 29.6 Å². The zero-order chi connectivity index (χ0) is 20.0. The number of rotatable bonds is 4. The molecule has 2 aliphatic carbocycles. The van der Waals surface area contributed by atoms with Crippen molar-refractivity contribution in [3.63, 3.8) is 0 Å². The van der Waals surface area contributed by atoms with E-state index in [-0.39, 0.29) is 29.8 Å². The van der Waals surface area contributed by atoms with Crippen LogP contribution in [-0.2, 0) is 11.3 Å². The van der Waals surface area contributed by atoms with Gasteiger partial charge in [-0.15, -0.1) is 0 Å². The fraction of sp³-hybridized carbons (Fsp3) is 0.435. The normalized spacial score (nSPS) is 25.1. The number of anilines is 1. The maximum atomic E-state index is 13.6. The van der Waals surface area contributed by atoms with Gasteiger partial charge in [-0.2, -0.15) is 9.65 Å². The molecule has 1 aromatic heterocycles. The lowest BCUT2D eigenvalue weighted by atomic mass is 9.79. The van der Waals surface area contributed by atoms with Gasteiger partial charge < -0.3 is 10.2 Å². The number of benzene rings is 1. The van der Waals surface area contributed by atoms with Gasteiger partial charge in [0.1, 0.15) is 0 Å². The van der Waals surface area contributed by atoms with Crippen molar-refractivity contribution in [1.82, 2.24) is 10.3 Å². The van der Waals surface area contributed by atoms with Gasteiger partial charge in [-0.1, -0.05) is 6.07 Å². The third-order valence-electron chi connectivity index (χ3n) is 6.48. The summed E-state index contributed by atoms with van der Waals surface area (Å²) in [6.45, 7) is 0.539. The van der Waals surface area contributed by atoms with Crippen LogP contribution in [0.1, 0.15) is 54.8 Å². The quantitative estimate of drug-likeness (QED) is 0.810. The molecule has 148 valence electrons. The number of carbonyl (C=O) groups is 1. The van der Waals surface area contributed by atoms with Crippen LogP contribution < -0.4 is 10.2 Å². The van der Waals surface area contributed by atoms with Crippen LogP contribution in [0.4, 0.5) is 10.1 Å². The van der Waals surface area contributed by atoms with Crippen LogP contribution in [-0.4, -0.2) is 23.0 Å². The average Bonchev–Trinajstić information content (AvgIpc) is 3.53. The predicted octanol–water partition coefficient (Wildman–Crippen LogP) is 3.64. The van der Waals surface area contributed by atoms with E-state index in [0.29, 0.717) is 17.8 Å². The van der Waals surface area contributed by atoms with E-state index < -0.39 is 5.95 Å². The molecule has 0 radical (unpaired) electrons. The second-order valence-corrected chi connectivity index (χ2v) is 8.43. The Bertz CT molecular complexity index is 997. The van der Waals surface area contributed by atoms with Gasteiger partial charge in [-0.3, -0.25) is 4.79 Å². The number of nitrogens with zero attached hydrogens (tertiary/aromatic N) is 3. The van der Waals surface area contributed by atoms with E-state index in [1.165, 1.54) is 6.07 Å². The first kappa shape index (κ1) is 18.1. The largest absolute Gasteiger partial charge is 0.362 e. The molecule has 2 fully saturated rings. The maximum absolute atomic E-state index is 13.6. The van der Waals surface area contributed by atoms with E-state index in [9.17, 15) is 14.4 Å². The molecule has 1 aliphatic heterocycles. The lowest BCUT2D eigenvalue weighted by molar-refractivity contribution is -0.123. The summed E-state index contributed by atoms with van der Waals surface area (Å²) in [5.41, 5.74) is 3.61. The first-order chi connectivity index (χ1) is 14.1. The zero-order valence-electron chi connectivity index (χ0n) is 16.1. The number of fused-ring (bicyclic) bond motifs is 3. The number of aromatic nitrogens is 1. The predicted molar refractivity (Wildman–Crippen MR) is 107 cm³/mol. The van der Waals surface area contributed by atoms with Crippen molar-refractivity contribution in [2.45, 2.75) is 56.7 Å². The number of hydrogen-bond acceptors (Lipinski definition) is 4. The highest BCUT2D eigenvalue weighted by atomic mass is 19.1. The molecule has 1 aromatic carbocycles. The molecule has 3 atom stereocenters. The zero-order valence-corrected chi connectivity index (χ0v) is 16.1. The first-order valence-electron chi connectivity index (χ1n) is 10.3. The van der Waals surface area contributed by atoms with Gasteiger partial charge in [-0.05, 0) is 68.0 Å². The Hall–Kier alpha value is -2.94. The van der Waals surface area contributed by atoms with E-state index in [0.717, 1.165) is 43.4 Å². The number of pyridine rings is 1. The van der Waals surface area contributed by atoms with Crippen molar-refractivity contribution in [3.05, 3.63) is 59.2 Å². The van der Waals surface area contributed by atoms with E-state index in [4.69, 9.17) is 0 Å². The van der Waals surface area contributed by atoms with Crippen LogP contribution in [0.2, 0.25) is 0 Å². The van der Waals surface area contributed by atoms with Crippen LogP contribution >= 0.6 is 0 Å². The highest BCUT2D eigenvalue weighted by Crippen LogP contribution is 2.48. The molecule has 29 heavy (non-hydrogen) atoms. The summed E-state index contributed by atoms with van der Waals surface area (Å²) < 4.78 is 13.6. The number of nitriles is 1. The second kappa shape index (κ2) is 7.14. The summed E-state index contributed by atoms with van der Waals surface area (Å²) in [4.78, 5) is 18.6. The monoisotopic (exact) mass is 390 g/mol. The number of nitrogens with one attached hydrogen (secondary N) is 1. The van der Waals surface area contributed by atoms with Crippen molar-refractivity contribution >= 4 is 11.6 Å². The van der Waals surface area contributed by atoms with E-state index in [2.05, 4.69) is 21.3 Å². The van der Waals surface area contributed by atoms with Gasteiger partial charge in [0.2, 0.25) is 11.9 Å². The number of halogens is 1. The van der Waals surface area contributed by atoms with Crippen molar-refractivity contribution in [3.8, 4) is 6.07 Å². The SMILES string of the molecule is N#Cc1ccc2c(c1)C1C[C@H](NC(=O)C3CC3)CCC1N2Cc1cccc(F)n1. The Kier molecular flexibility index (Phi) is 4.46. The van der Waals surface area contributed by atoms with Gasteiger partial charge in [0.05, 0.1) is 23.9 Å². The summed E-state index contributed by atoms with van der Waals surface area (Å²) in [6.07, 6.45) is 4.77. The number of amides is 1. The molecule has 1 N–H and O–H groups in total. The third-order valence-corrected chi connectivity index (χ3v) is 6.48. The summed E-state index contributed by atoms with van der Waals surface area (Å²) >= 11 is 0. The summed E-state index contributed by atoms with van der Waals surface area (Å²) in [5, 5.41) is 12.6. The molecule has 0 spiro atoms. The van der Waals surface area contributed by atoms with Crippen LogP contribution in [0.3, 0.4) is 0 Å². The highest BCUT2D eigenvalue weighted by molar-refractivity contribution is 5.81. The van der Waals surface area contributed by atoms with Gasteiger partial charge in [0.15, 0.2) is 0 Å². The standard InChI is InChI=1S/C23H23FN4O/c24-22-3-1-2-17(26-22)13-28-20-8-4-14(12-25)10-18(20)19-11-16(7-9-21(19)28)27-23(29)15-5-6-15/h1-4,8,10,15-16,19,21H,5-7,9,11,13H2,(H,27,29)/t16-,19?,21?/m1/s1. The van der Waals surface area contributed by atoms with Crippen LogP contribution in [0, 0.1) is 23.2 Å². The van der Waals surface area contributed by atoms with E-state index in [1.807, 2.05) is 24.3 Å². The second-order valence-electron chi connectivity index (χ2n) is 8.43. The molecule has 0 bridgehead atoms. The summed E-state index contributed by atoms with van der Waals surface area (Å²) in [7, 11) is 0. The molecule has 2 saturated carbocycles. The van der Waals surface area contributed by atoms with Gasteiger partial charge in [0.25, 0.3) is 0 Å². The smallest absolute Gasteiger partial charge is 0.223 e. The third kappa shape index (κ3) is 3.46. The van der Waals surface area contributed by atoms with Crippen LogP contribution in [0.15, 0.2) is 36.4 Å². The molecular formula is C23H23FN4O. The molecule has 2 unspecified atom stereocenters. The molecule has 1 amide bonds. The molecule has 2 heterocycles.